The fourth-order valence-corrected chi connectivity index (χ4v) is 11.0. The highest BCUT2D eigenvalue weighted by Crippen LogP contribution is 2.54. The van der Waals surface area contributed by atoms with Crippen LogP contribution in [0.3, 0.4) is 0 Å². The molecule has 0 fully saturated rings. The average Bonchev–Trinajstić information content (AvgIpc) is 2.70. The van der Waals surface area contributed by atoms with Crippen molar-refractivity contribution in [3.63, 3.8) is 0 Å². The van der Waals surface area contributed by atoms with Crippen molar-refractivity contribution in [1.29, 1.82) is 0 Å². The molecule has 0 radical (unpaired) electrons. The van der Waals surface area contributed by atoms with Gasteiger partial charge in [0.15, 0.2) is 0 Å². The standard InChI is InChI=1S/C23H38Si2/c1-11-12-25(10,23(6)16-18(3)19(4)20(23)5)22-14-17(2)13-21(15-22)24(7,8)9/h13-16H,11-12H2,1-10H3. The van der Waals surface area contributed by atoms with Crippen molar-refractivity contribution in [2.24, 2.45) is 0 Å². The first-order chi connectivity index (χ1) is 11.4. The Bertz CT molecular complexity index is 733. The number of benzene rings is 1. The Balaban J connectivity index is 2.73. The maximum atomic E-state index is 2.64. The Morgan fingerprint density at radius 2 is 1.44 bits per heavy atom. The summed E-state index contributed by atoms with van der Waals surface area (Å²) < 4.78 is 0. The van der Waals surface area contributed by atoms with Crippen molar-refractivity contribution in [2.45, 2.75) is 85.2 Å². The van der Waals surface area contributed by atoms with Gasteiger partial charge in [0, 0.05) is 5.04 Å². The van der Waals surface area contributed by atoms with Crippen LogP contribution in [-0.4, -0.2) is 16.1 Å². The van der Waals surface area contributed by atoms with Gasteiger partial charge in [-0.05, 0) is 33.3 Å². The van der Waals surface area contributed by atoms with Crippen LogP contribution >= 0.6 is 0 Å². The lowest BCUT2D eigenvalue weighted by atomic mass is 10.0. The third kappa shape index (κ3) is 3.40. The van der Waals surface area contributed by atoms with Crippen LogP contribution < -0.4 is 10.4 Å². The summed E-state index contributed by atoms with van der Waals surface area (Å²) in [4.78, 5) is 0. The Hall–Kier alpha value is -0.866. The zero-order valence-electron chi connectivity index (χ0n) is 18.2. The van der Waals surface area contributed by atoms with Crippen molar-refractivity contribution >= 4 is 26.5 Å². The van der Waals surface area contributed by atoms with E-state index in [-0.39, 0.29) is 5.04 Å². The Morgan fingerprint density at radius 1 is 0.880 bits per heavy atom. The summed E-state index contributed by atoms with van der Waals surface area (Å²) in [5, 5.41) is 3.53. The van der Waals surface area contributed by atoms with Crippen LogP contribution in [0.2, 0.25) is 37.3 Å². The first-order valence-electron chi connectivity index (χ1n) is 9.87. The largest absolute Gasteiger partial charge is 0.0976 e. The van der Waals surface area contributed by atoms with Crippen LogP contribution in [0, 0.1) is 6.92 Å². The van der Waals surface area contributed by atoms with Gasteiger partial charge in [-0.25, -0.2) is 0 Å². The molecule has 0 aromatic heterocycles. The molecule has 1 aliphatic carbocycles. The van der Waals surface area contributed by atoms with Gasteiger partial charge in [0.2, 0.25) is 0 Å². The molecule has 138 valence electrons. The van der Waals surface area contributed by atoms with Crippen LogP contribution in [0.1, 0.15) is 46.6 Å². The maximum absolute atomic E-state index is 2.64. The van der Waals surface area contributed by atoms with E-state index in [9.17, 15) is 0 Å². The van der Waals surface area contributed by atoms with E-state index in [4.69, 9.17) is 0 Å². The van der Waals surface area contributed by atoms with Gasteiger partial charge in [0.25, 0.3) is 0 Å². The molecular formula is C23H38Si2. The third-order valence-electron chi connectivity index (χ3n) is 6.91. The summed E-state index contributed by atoms with van der Waals surface area (Å²) in [6.07, 6.45) is 3.88. The van der Waals surface area contributed by atoms with E-state index in [1.54, 1.807) is 15.9 Å². The Morgan fingerprint density at radius 3 is 1.88 bits per heavy atom. The zero-order valence-corrected chi connectivity index (χ0v) is 20.2. The summed E-state index contributed by atoms with van der Waals surface area (Å²) in [6, 6.07) is 8.92. The minimum atomic E-state index is -1.72. The molecule has 0 saturated carbocycles. The molecule has 0 nitrogen and oxygen atoms in total. The quantitative estimate of drug-likeness (QED) is 0.534. The molecule has 25 heavy (non-hydrogen) atoms. The van der Waals surface area contributed by atoms with Crippen LogP contribution in [0.4, 0.5) is 0 Å². The van der Waals surface area contributed by atoms with Gasteiger partial charge in [-0.1, -0.05) is 104 Å². The molecule has 0 N–H and O–H groups in total. The van der Waals surface area contributed by atoms with E-state index >= 15 is 0 Å². The number of aryl methyl sites for hydroxylation is 1. The SMILES string of the molecule is CCC[Si](C)(c1cc(C)cc([Si](C)(C)C)c1)C1(C)C=C(C)C(C)=C1C. The van der Waals surface area contributed by atoms with Crippen molar-refractivity contribution in [1.82, 2.24) is 0 Å². The number of hydrogen-bond donors (Lipinski definition) is 0. The molecule has 0 saturated heterocycles. The Labute approximate surface area is 158 Å². The summed E-state index contributed by atoms with van der Waals surface area (Å²) in [6.45, 7) is 24.2. The van der Waals surface area contributed by atoms with E-state index in [1.165, 1.54) is 29.2 Å². The van der Waals surface area contributed by atoms with Crippen molar-refractivity contribution in [3.05, 3.63) is 46.6 Å². The molecule has 0 bridgehead atoms. The fourth-order valence-electron chi connectivity index (χ4n) is 4.65. The topological polar surface area (TPSA) is 0 Å². The molecule has 1 aromatic carbocycles. The van der Waals surface area contributed by atoms with Gasteiger partial charge < -0.3 is 0 Å². The van der Waals surface area contributed by atoms with Crippen molar-refractivity contribution < 1.29 is 0 Å². The number of hydrogen-bond acceptors (Lipinski definition) is 0. The van der Waals surface area contributed by atoms with Gasteiger partial charge in [-0.3, -0.25) is 0 Å². The summed E-state index contributed by atoms with van der Waals surface area (Å²) >= 11 is 0. The number of rotatable bonds is 5. The zero-order chi connectivity index (χ0) is 19.2. The predicted molar refractivity (Wildman–Crippen MR) is 121 cm³/mol. The normalized spacial score (nSPS) is 23.7. The highest BCUT2D eigenvalue weighted by atomic mass is 28.3. The van der Waals surface area contributed by atoms with Gasteiger partial charge in [-0.15, -0.1) is 0 Å². The summed E-state index contributed by atoms with van der Waals surface area (Å²) in [5.74, 6) is 0. The van der Waals surface area contributed by atoms with Gasteiger partial charge in [0.05, 0.1) is 16.1 Å². The highest BCUT2D eigenvalue weighted by molar-refractivity contribution is 6.95. The van der Waals surface area contributed by atoms with Gasteiger partial charge in [0.1, 0.15) is 0 Å². The first-order valence-corrected chi connectivity index (χ1v) is 16.1. The molecule has 0 amide bonds. The van der Waals surface area contributed by atoms with Crippen LogP contribution in [0.5, 0.6) is 0 Å². The average molecular weight is 371 g/mol. The van der Waals surface area contributed by atoms with E-state index in [2.05, 4.69) is 92.0 Å². The van der Waals surface area contributed by atoms with E-state index in [0.29, 0.717) is 0 Å². The van der Waals surface area contributed by atoms with Gasteiger partial charge >= 0.3 is 0 Å². The molecule has 2 atom stereocenters. The third-order valence-corrected chi connectivity index (χ3v) is 14.8. The predicted octanol–water partition coefficient (Wildman–Crippen LogP) is 6.29. The lowest BCUT2D eigenvalue weighted by Gasteiger charge is -2.44. The molecular weight excluding hydrogens is 332 g/mol. The van der Waals surface area contributed by atoms with Crippen LogP contribution in [-0.2, 0) is 0 Å². The minimum absolute atomic E-state index is 0.238. The molecule has 2 heteroatoms. The van der Waals surface area contributed by atoms with Crippen LogP contribution in [0.25, 0.3) is 0 Å². The summed E-state index contributed by atoms with van der Waals surface area (Å²) in [5.41, 5.74) is 6.08. The minimum Gasteiger partial charge on any atom is -0.0737 e. The molecule has 0 aliphatic heterocycles. The molecule has 1 aliphatic rings. The number of allylic oxidation sites excluding steroid dienone is 4. The van der Waals surface area contributed by atoms with Crippen molar-refractivity contribution in [2.75, 3.05) is 0 Å². The lowest BCUT2D eigenvalue weighted by molar-refractivity contribution is 0.833. The maximum Gasteiger partial charge on any atom is 0.0976 e. The molecule has 2 rings (SSSR count). The van der Waals surface area contributed by atoms with Crippen molar-refractivity contribution in [3.8, 4) is 0 Å². The molecule has 1 aromatic rings. The van der Waals surface area contributed by atoms with E-state index < -0.39 is 16.1 Å². The van der Waals surface area contributed by atoms with E-state index in [1.807, 2.05) is 0 Å². The molecule has 0 spiro atoms. The van der Waals surface area contributed by atoms with Gasteiger partial charge in [-0.2, -0.15) is 0 Å². The lowest BCUT2D eigenvalue weighted by Crippen LogP contribution is -2.55. The first kappa shape index (κ1) is 20.4. The summed E-state index contributed by atoms with van der Waals surface area (Å²) in [7, 11) is -3.03. The second-order valence-corrected chi connectivity index (χ2v) is 19.6. The fraction of sp³-hybridized carbons (Fsp3) is 0.565. The second kappa shape index (κ2) is 6.70. The second-order valence-electron chi connectivity index (χ2n) is 9.70. The highest BCUT2D eigenvalue weighted by Gasteiger charge is 2.49. The molecule has 2 unspecified atom stereocenters. The Kier molecular flexibility index (Phi) is 5.48. The molecule has 0 heterocycles. The van der Waals surface area contributed by atoms with E-state index in [0.717, 1.165) is 0 Å². The monoisotopic (exact) mass is 370 g/mol. The smallest absolute Gasteiger partial charge is 0.0737 e. The van der Waals surface area contributed by atoms with Crippen LogP contribution in [0.15, 0.2) is 41.0 Å².